The van der Waals surface area contributed by atoms with Crippen molar-refractivity contribution in [2.45, 2.75) is 12.8 Å². The van der Waals surface area contributed by atoms with Crippen molar-refractivity contribution in [1.82, 2.24) is 10.2 Å². The molecule has 0 amide bonds. The normalized spacial score (nSPS) is 16.5. The van der Waals surface area contributed by atoms with Gasteiger partial charge in [-0.3, -0.25) is 4.79 Å². The third kappa shape index (κ3) is 2.03. The van der Waals surface area contributed by atoms with Crippen molar-refractivity contribution in [3.05, 3.63) is 34.7 Å². The molecule has 6 nitrogen and oxygen atoms in total. The molecule has 0 radical (unpaired) electrons. The van der Waals surface area contributed by atoms with Crippen LogP contribution in [0.3, 0.4) is 0 Å². The van der Waals surface area contributed by atoms with Gasteiger partial charge >= 0.3 is 0 Å². The topological polar surface area (TPSA) is 67.5 Å². The lowest BCUT2D eigenvalue weighted by Gasteiger charge is -2.20. The van der Waals surface area contributed by atoms with Gasteiger partial charge in [-0.25, -0.2) is 5.10 Å². The van der Waals surface area contributed by atoms with E-state index in [1.54, 1.807) is 6.20 Å². The molecule has 4 rings (SSSR count). The maximum Gasteiger partial charge on any atom is 0.274 e. The Morgan fingerprint density at radius 3 is 2.81 bits per heavy atom. The Hall–Kier alpha value is -2.50. The summed E-state index contributed by atoms with van der Waals surface area (Å²) < 4.78 is 10.7. The third-order valence-corrected chi connectivity index (χ3v) is 3.94. The van der Waals surface area contributed by atoms with Gasteiger partial charge in [0.05, 0.1) is 17.4 Å². The first kappa shape index (κ1) is 12.3. The highest BCUT2D eigenvalue weighted by Crippen LogP contribution is 2.37. The number of fused-ring (bicyclic) bond motifs is 1. The average molecular weight is 285 g/mol. The van der Waals surface area contributed by atoms with Crippen LogP contribution in [-0.2, 0) is 0 Å². The summed E-state index contributed by atoms with van der Waals surface area (Å²) in [7, 11) is 0. The van der Waals surface area contributed by atoms with Crippen molar-refractivity contribution in [1.29, 1.82) is 0 Å². The van der Waals surface area contributed by atoms with Crippen molar-refractivity contribution in [2.75, 3.05) is 24.8 Å². The van der Waals surface area contributed by atoms with E-state index in [0.717, 1.165) is 37.2 Å². The summed E-state index contributed by atoms with van der Waals surface area (Å²) in [5.74, 6) is 1.39. The Labute approximate surface area is 121 Å². The van der Waals surface area contributed by atoms with Crippen LogP contribution in [-0.4, -0.2) is 30.1 Å². The largest absolute Gasteiger partial charge is 0.454 e. The molecule has 1 fully saturated rings. The Balaban J connectivity index is 1.85. The first-order valence-electron chi connectivity index (χ1n) is 7.05. The molecule has 2 aromatic rings. The van der Waals surface area contributed by atoms with Crippen molar-refractivity contribution in [3.63, 3.8) is 0 Å². The minimum Gasteiger partial charge on any atom is -0.454 e. The monoisotopic (exact) mass is 285 g/mol. The lowest BCUT2D eigenvalue weighted by molar-refractivity contribution is 0.174. The molecule has 2 aliphatic rings. The van der Waals surface area contributed by atoms with E-state index in [1.165, 1.54) is 0 Å². The van der Waals surface area contributed by atoms with Gasteiger partial charge < -0.3 is 14.4 Å². The molecule has 1 aromatic carbocycles. The van der Waals surface area contributed by atoms with Crippen LogP contribution in [0.25, 0.3) is 11.1 Å². The van der Waals surface area contributed by atoms with Crippen LogP contribution in [0.2, 0.25) is 0 Å². The second-order valence-electron chi connectivity index (χ2n) is 5.22. The van der Waals surface area contributed by atoms with Gasteiger partial charge in [-0.2, -0.15) is 5.10 Å². The highest BCUT2D eigenvalue weighted by molar-refractivity contribution is 5.78. The Kier molecular flexibility index (Phi) is 2.80. The summed E-state index contributed by atoms with van der Waals surface area (Å²) in [5.41, 5.74) is 2.17. The van der Waals surface area contributed by atoms with E-state index in [1.807, 2.05) is 18.2 Å². The number of aromatic nitrogens is 2. The third-order valence-electron chi connectivity index (χ3n) is 3.94. The molecule has 0 unspecified atom stereocenters. The lowest BCUT2D eigenvalue weighted by atomic mass is 10.1. The predicted octanol–water partition coefficient (Wildman–Crippen LogP) is 1.77. The van der Waals surface area contributed by atoms with E-state index in [-0.39, 0.29) is 12.4 Å². The molecule has 21 heavy (non-hydrogen) atoms. The molecule has 0 atom stereocenters. The number of nitrogens with zero attached hydrogens (tertiary/aromatic N) is 2. The number of nitrogens with one attached hydrogen (secondary N) is 1. The van der Waals surface area contributed by atoms with Crippen LogP contribution in [0.5, 0.6) is 11.5 Å². The van der Waals surface area contributed by atoms with E-state index in [9.17, 15) is 4.79 Å². The molecule has 6 heteroatoms. The average Bonchev–Trinajstić information content (AvgIpc) is 3.17. The van der Waals surface area contributed by atoms with Crippen molar-refractivity contribution < 1.29 is 9.47 Å². The first-order chi connectivity index (χ1) is 10.3. The molecule has 1 N–H and O–H groups in total. The van der Waals surface area contributed by atoms with E-state index >= 15 is 0 Å². The quantitative estimate of drug-likeness (QED) is 0.910. The molecule has 0 saturated carbocycles. The Morgan fingerprint density at radius 2 is 1.95 bits per heavy atom. The summed E-state index contributed by atoms with van der Waals surface area (Å²) in [5, 5.41) is 6.48. The summed E-state index contributed by atoms with van der Waals surface area (Å²) in [6, 6.07) is 5.58. The fraction of sp³-hybridized carbons (Fsp3) is 0.333. The number of hydrogen-bond acceptors (Lipinski definition) is 5. The maximum absolute atomic E-state index is 12.3. The minimum absolute atomic E-state index is 0.182. The summed E-state index contributed by atoms with van der Waals surface area (Å²) in [4.78, 5) is 14.5. The molecular weight excluding hydrogens is 270 g/mol. The van der Waals surface area contributed by atoms with Gasteiger partial charge in [-0.15, -0.1) is 0 Å². The number of benzene rings is 1. The van der Waals surface area contributed by atoms with Crippen LogP contribution in [0, 0.1) is 0 Å². The summed E-state index contributed by atoms with van der Waals surface area (Å²) >= 11 is 0. The SMILES string of the molecule is O=c1[nH]ncc(N2CCCC2)c1-c1ccc2c(c1)OCO2. The highest BCUT2D eigenvalue weighted by Gasteiger charge is 2.21. The van der Waals surface area contributed by atoms with Crippen LogP contribution in [0.1, 0.15) is 12.8 Å². The Bertz CT molecular complexity index is 735. The standard InChI is InChI=1S/C15H15N3O3/c19-15-14(10-3-4-12-13(7-10)21-9-20-12)11(8-16-17-15)18-5-1-2-6-18/h3-4,7-8H,1-2,5-6,9H2,(H,17,19). The van der Waals surface area contributed by atoms with Gasteiger partial charge in [0.15, 0.2) is 11.5 Å². The predicted molar refractivity (Wildman–Crippen MR) is 77.9 cm³/mol. The van der Waals surface area contributed by atoms with Crippen molar-refractivity contribution in [2.24, 2.45) is 0 Å². The zero-order chi connectivity index (χ0) is 14.2. The first-order valence-corrected chi connectivity index (χ1v) is 7.05. The number of ether oxygens (including phenoxy) is 2. The highest BCUT2D eigenvalue weighted by atomic mass is 16.7. The molecule has 0 bridgehead atoms. The fourth-order valence-electron chi connectivity index (χ4n) is 2.92. The molecule has 2 aliphatic heterocycles. The molecule has 1 saturated heterocycles. The smallest absolute Gasteiger partial charge is 0.274 e. The molecule has 3 heterocycles. The zero-order valence-corrected chi connectivity index (χ0v) is 11.5. The number of rotatable bonds is 2. The minimum atomic E-state index is -0.182. The second-order valence-corrected chi connectivity index (χ2v) is 5.22. The maximum atomic E-state index is 12.3. The second kappa shape index (κ2) is 4.80. The lowest BCUT2D eigenvalue weighted by Crippen LogP contribution is -2.23. The van der Waals surface area contributed by atoms with Gasteiger partial charge in [0.2, 0.25) is 6.79 Å². The van der Waals surface area contributed by atoms with Crippen LogP contribution < -0.4 is 19.9 Å². The number of hydrogen-bond donors (Lipinski definition) is 1. The van der Waals surface area contributed by atoms with Gasteiger partial charge in [-0.05, 0) is 30.5 Å². The molecule has 0 spiro atoms. The number of aromatic amines is 1. The van der Waals surface area contributed by atoms with Crippen LogP contribution in [0.15, 0.2) is 29.2 Å². The van der Waals surface area contributed by atoms with E-state index in [2.05, 4.69) is 15.1 Å². The van der Waals surface area contributed by atoms with Crippen molar-refractivity contribution in [3.8, 4) is 22.6 Å². The van der Waals surface area contributed by atoms with Crippen LogP contribution >= 0.6 is 0 Å². The van der Waals surface area contributed by atoms with Gasteiger partial charge in [0.25, 0.3) is 5.56 Å². The molecule has 1 aromatic heterocycles. The Morgan fingerprint density at radius 1 is 1.14 bits per heavy atom. The van der Waals surface area contributed by atoms with E-state index in [0.29, 0.717) is 17.1 Å². The molecular formula is C15H15N3O3. The summed E-state index contributed by atoms with van der Waals surface area (Å²) in [6.07, 6.45) is 4.02. The number of H-pyrrole nitrogens is 1. The van der Waals surface area contributed by atoms with Crippen molar-refractivity contribution >= 4 is 5.69 Å². The summed E-state index contributed by atoms with van der Waals surface area (Å²) in [6.45, 7) is 2.15. The van der Waals surface area contributed by atoms with Gasteiger partial charge in [0, 0.05) is 13.1 Å². The van der Waals surface area contributed by atoms with E-state index in [4.69, 9.17) is 9.47 Å². The molecule has 108 valence electrons. The molecule has 0 aliphatic carbocycles. The van der Waals surface area contributed by atoms with Gasteiger partial charge in [0.1, 0.15) is 0 Å². The van der Waals surface area contributed by atoms with E-state index < -0.39 is 0 Å². The van der Waals surface area contributed by atoms with Gasteiger partial charge in [-0.1, -0.05) is 6.07 Å². The number of anilines is 1. The zero-order valence-electron chi connectivity index (χ0n) is 11.5. The fourth-order valence-corrected chi connectivity index (χ4v) is 2.92. The van der Waals surface area contributed by atoms with Crippen LogP contribution in [0.4, 0.5) is 5.69 Å².